The molecule has 84 valence electrons. The molecular weight excluding hydrogens is 309 g/mol. The number of hydrogen-bond acceptors (Lipinski definition) is 1. The Labute approximate surface area is 107 Å². The van der Waals surface area contributed by atoms with Crippen LogP contribution in [0.3, 0.4) is 0 Å². The van der Waals surface area contributed by atoms with Crippen molar-refractivity contribution in [3.05, 3.63) is 57.7 Å². The van der Waals surface area contributed by atoms with Crippen molar-refractivity contribution in [3.8, 4) is 11.1 Å². The van der Waals surface area contributed by atoms with Crippen LogP contribution < -0.4 is 25.4 Å². The zero-order valence-corrected chi connectivity index (χ0v) is 11.4. The fourth-order valence-corrected chi connectivity index (χ4v) is 2.64. The Balaban J connectivity index is 2.41. The summed E-state index contributed by atoms with van der Waals surface area (Å²) < 4.78 is 7.05. The van der Waals surface area contributed by atoms with Gasteiger partial charge in [0.25, 0.3) is 0 Å². The van der Waals surface area contributed by atoms with Crippen molar-refractivity contribution < 1.29 is 21.5 Å². The number of hydrogen-bond donors (Lipinski definition) is 1. The molecule has 0 atom stereocenters. The van der Waals surface area contributed by atoms with E-state index in [1.807, 2.05) is 0 Å². The van der Waals surface area contributed by atoms with Gasteiger partial charge in [0.1, 0.15) is 0 Å². The first-order valence-corrected chi connectivity index (χ1v) is 7.68. The van der Waals surface area contributed by atoms with Crippen molar-refractivity contribution in [2.75, 3.05) is 0 Å². The summed E-state index contributed by atoms with van der Waals surface area (Å²) in [6.45, 7) is 2.18. The molecule has 0 aliphatic carbocycles. The molecule has 16 heavy (non-hydrogen) atoms. The van der Waals surface area contributed by atoms with Crippen molar-refractivity contribution in [2.45, 2.75) is 13.3 Å². The Kier molecular flexibility index (Phi) is 3.96. The van der Waals surface area contributed by atoms with Crippen LogP contribution >= 0.6 is 0 Å². The number of halogens is 1. The van der Waals surface area contributed by atoms with Crippen molar-refractivity contribution in [1.29, 1.82) is 0 Å². The number of nitrogens with two attached hydrogens (primary N) is 1. The van der Waals surface area contributed by atoms with Crippen LogP contribution in [0.25, 0.3) is 11.1 Å². The molecular formula is C14H15IN-. The Bertz CT molecular complexity index is 434. The van der Waals surface area contributed by atoms with Crippen molar-refractivity contribution in [3.63, 3.8) is 0 Å². The predicted octanol–water partition coefficient (Wildman–Crippen LogP) is 0.0483. The Morgan fingerprint density at radius 1 is 1.00 bits per heavy atom. The normalized spacial score (nSPS) is 10.6. The van der Waals surface area contributed by atoms with Crippen LogP contribution in [0.4, 0.5) is 0 Å². The number of aryl methyl sites for hydroxylation is 1. The van der Waals surface area contributed by atoms with Gasteiger partial charge >= 0.3 is 108 Å². The zero-order valence-electron chi connectivity index (χ0n) is 9.28. The third-order valence-corrected chi connectivity index (χ3v) is 4.01. The summed E-state index contributed by atoms with van der Waals surface area (Å²) in [7, 11) is 0. The van der Waals surface area contributed by atoms with Gasteiger partial charge in [-0.2, -0.15) is 0 Å². The van der Waals surface area contributed by atoms with Gasteiger partial charge in [-0.05, 0) is 0 Å². The van der Waals surface area contributed by atoms with Crippen LogP contribution in [0.1, 0.15) is 12.5 Å². The molecule has 0 bridgehead atoms. The van der Waals surface area contributed by atoms with Crippen molar-refractivity contribution >= 4 is 0 Å². The van der Waals surface area contributed by atoms with Gasteiger partial charge in [0.05, 0.1) is 0 Å². The van der Waals surface area contributed by atoms with E-state index in [-0.39, 0.29) is 21.5 Å². The summed E-state index contributed by atoms with van der Waals surface area (Å²) in [5, 5.41) is 0. The average molecular weight is 324 g/mol. The van der Waals surface area contributed by atoms with Gasteiger partial charge in [0.15, 0.2) is 0 Å². The maximum absolute atomic E-state index is 5.76. The van der Waals surface area contributed by atoms with E-state index in [0.29, 0.717) is 0 Å². The first-order valence-electron chi connectivity index (χ1n) is 5.36. The first-order chi connectivity index (χ1) is 7.83. The van der Waals surface area contributed by atoms with Crippen LogP contribution in [0.2, 0.25) is 0 Å². The fraction of sp³-hybridized carbons (Fsp3) is 0.143. The minimum absolute atomic E-state index is 0.311. The van der Waals surface area contributed by atoms with E-state index in [1.165, 1.54) is 20.3 Å². The zero-order chi connectivity index (χ0) is 11.4. The third-order valence-electron chi connectivity index (χ3n) is 2.62. The average Bonchev–Trinajstić information content (AvgIpc) is 2.39. The molecule has 0 fully saturated rings. The van der Waals surface area contributed by atoms with E-state index >= 15 is 0 Å². The summed E-state index contributed by atoms with van der Waals surface area (Å²) in [6, 6.07) is 17.3. The van der Waals surface area contributed by atoms with Gasteiger partial charge in [0.2, 0.25) is 0 Å². The SMILES string of the molecule is CCc1cccc(-c2cccc([I-]N)c2)c1. The second kappa shape index (κ2) is 5.46. The molecule has 0 saturated carbocycles. The van der Waals surface area contributed by atoms with Crippen molar-refractivity contribution in [1.82, 2.24) is 0 Å². The summed E-state index contributed by atoms with van der Waals surface area (Å²) >= 11 is -0.311. The van der Waals surface area contributed by atoms with Crippen LogP contribution in [-0.2, 0) is 6.42 Å². The Morgan fingerprint density at radius 2 is 1.69 bits per heavy atom. The number of rotatable bonds is 3. The topological polar surface area (TPSA) is 26.0 Å². The van der Waals surface area contributed by atoms with E-state index in [4.69, 9.17) is 3.95 Å². The molecule has 2 heteroatoms. The summed E-state index contributed by atoms with van der Waals surface area (Å²) in [5.74, 6) is 0. The molecule has 2 aromatic carbocycles. The van der Waals surface area contributed by atoms with Crippen LogP contribution in [0.15, 0.2) is 48.5 Å². The molecule has 1 nitrogen and oxygen atoms in total. The molecule has 0 heterocycles. The van der Waals surface area contributed by atoms with E-state index in [2.05, 4.69) is 55.5 Å². The van der Waals surface area contributed by atoms with Gasteiger partial charge in [-0.25, -0.2) is 0 Å². The monoisotopic (exact) mass is 324 g/mol. The van der Waals surface area contributed by atoms with Crippen LogP contribution in [0, 0.1) is 3.57 Å². The van der Waals surface area contributed by atoms with Crippen LogP contribution in [-0.4, -0.2) is 0 Å². The molecule has 2 N–H and O–H groups in total. The Hall–Kier alpha value is -0.870. The molecule has 0 aromatic heterocycles. The van der Waals surface area contributed by atoms with Crippen molar-refractivity contribution in [2.24, 2.45) is 3.95 Å². The van der Waals surface area contributed by atoms with Gasteiger partial charge in [-0.1, -0.05) is 0 Å². The Morgan fingerprint density at radius 3 is 2.38 bits per heavy atom. The van der Waals surface area contributed by atoms with E-state index in [0.717, 1.165) is 6.42 Å². The molecule has 0 amide bonds. The molecule has 0 saturated heterocycles. The summed E-state index contributed by atoms with van der Waals surface area (Å²) in [6.07, 6.45) is 1.08. The fourth-order valence-electron chi connectivity index (χ4n) is 1.71. The molecule has 2 aromatic rings. The van der Waals surface area contributed by atoms with E-state index in [1.54, 1.807) is 0 Å². The predicted molar refractivity (Wildman–Crippen MR) is 64.1 cm³/mol. The van der Waals surface area contributed by atoms with Gasteiger partial charge in [-0.15, -0.1) is 0 Å². The van der Waals surface area contributed by atoms with Gasteiger partial charge in [0, 0.05) is 0 Å². The molecule has 0 radical (unpaired) electrons. The molecule has 0 spiro atoms. The summed E-state index contributed by atoms with van der Waals surface area (Å²) in [4.78, 5) is 0. The minimum atomic E-state index is -0.311. The van der Waals surface area contributed by atoms with E-state index in [9.17, 15) is 0 Å². The van der Waals surface area contributed by atoms with Gasteiger partial charge in [-0.3, -0.25) is 0 Å². The first kappa shape index (κ1) is 11.6. The second-order valence-electron chi connectivity index (χ2n) is 3.67. The summed E-state index contributed by atoms with van der Waals surface area (Å²) in [5.41, 5.74) is 3.95. The molecule has 0 aliphatic rings. The third kappa shape index (κ3) is 2.62. The molecule has 0 unspecified atom stereocenters. The number of benzene rings is 2. The maximum atomic E-state index is 5.76. The molecule has 0 aliphatic heterocycles. The van der Waals surface area contributed by atoms with Crippen LogP contribution in [0.5, 0.6) is 0 Å². The van der Waals surface area contributed by atoms with E-state index < -0.39 is 0 Å². The molecule has 2 rings (SSSR count). The quantitative estimate of drug-likeness (QED) is 0.627. The standard InChI is InChI=1S/C14H15IN/c1-2-11-5-3-6-12(9-11)13-7-4-8-14(10-13)15-16/h3-10H,2,16H2,1H3/q-1. The second-order valence-corrected chi connectivity index (χ2v) is 5.54. The van der Waals surface area contributed by atoms with Gasteiger partial charge < -0.3 is 0 Å².